The van der Waals surface area contributed by atoms with Gasteiger partial charge in [-0.1, -0.05) is 0 Å². The van der Waals surface area contributed by atoms with Crippen molar-refractivity contribution < 1.29 is 9.13 Å². The lowest BCUT2D eigenvalue weighted by atomic mass is 10.2. The number of rotatable bonds is 2. The van der Waals surface area contributed by atoms with Crippen LogP contribution >= 0.6 is 0 Å². The molecule has 1 aliphatic rings. The number of hydrogen-bond acceptors (Lipinski definition) is 4. The van der Waals surface area contributed by atoms with Crippen LogP contribution in [0.2, 0.25) is 0 Å². The van der Waals surface area contributed by atoms with Gasteiger partial charge in [0.25, 0.3) is 0 Å². The molecule has 4 nitrogen and oxygen atoms in total. The molecule has 0 saturated carbocycles. The van der Waals surface area contributed by atoms with Crippen LogP contribution in [0, 0.1) is 5.82 Å². The molecule has 0 aliphatic carbocycles. The first-order valence-electron chi connectivity index (χ1n) is 4.98. The Kier molecular flexibility index (Phi) is 3.13. The molecule has 0 bridgehead atoms. The summed E-state index contributed by atoms with van der Waals surface area (Å²) in [5, 5.41) is 0. The molecule has 0 radical (unpaired) electrons. The van der Waals surface area contributed by atoms with Gasteiger partial charge in [0.15, 0.2) is 11.6 Å². The molecule has 2 rings (SSSR count). The van der Waals surface area contributed by atoms with Crippen LogP contribution in [0.5, 0.6) is 0 Å². The van der Waals surface area contributed by atoms with E-state index in [-0.39, 0.29) is 5.82 Å². The molecule has 0 amide bonds. The molecule has 1 aromatic heterocycles. The summed E-state index contributed by atoms with van der Waals surface area (Å²) in [6.45, 7) is 2.94. The minimum atomic E-state index is -0.306. The number of pyridine rings is 1. The fourth-order valence-electron chi connectivity index (χ4n) is 1.59. The zero-order valence-corrected chi connectivity index (χ0v) is 8.45. The van der Waals surface area contributed by atoms with Crippen molar-refractivity contribution >= 4 is 5.82 Å². The Bertz CT molecular complexity index is 339. The second-order valence-corrected chi connectivity index (χ2v) is 3.45. The smallest absolute Gasteiger partial charge is 0.165 e. The normalized spacial score (nSPS) is 16.8. The van der Waals surface area contributed by atoms with Gasteiger partial charge in [-0.05, 0) is 11.6 Å². The third-order valence-electron chi connectivity index (χ3n) is 2.42. The molecule has 0 unspecified atom stereocenters. The third kappa shape index (κ3) is 2.24. The monoisotopic (exact) mass is 211 g/mol. The predicted octanol–water partition coefficient (Wildman–Crippen LogP) is 0.516. The van der Waals surface area contributed by atoms with E-state index in [2.05, 4.69) is 4.98 Å². The van der Waals surface area contributed by atoms with Gasteiger partial charge in [-0.3, -0.25) is 0 Å². The van der Waals surface area contributed by atoms with Crippen molar-refractivity contribution in [1.82, 2.24) is 4.98 Å². The summed E-state index contributed by atoms with van der Waals surface area (Å²) in [6, 6.07) is 1.44. The Hall–Kier alpha value is -1.20. The summed E-state index contributed by atoms with van der Waals surface area (Å²) in [5.41, 5.74) is 6.12. The topological polar surface area (TPSA) is 51.4 Å². The van der Waals surface area contributed by atoms with E-state index >= 15 is 0 Å². The maximum atomic E-state index is 13.6. The van der Waals surface area contributed by atoms with E-state index in [0.717, 1.165) is 0 Å². The molecule has 1 fully saturated rings. The molecular weight excluding hydrogens is 197 g/mol. The quantitative estimate of drug-likeness (QED) is 0.774. The highest BCUT2D eigenvalue weighted by Gasteiger charge is 2.16. The number of hydrogen-bond donors (Lipinski definition) is 1. The van der Waals surface area contributed by atoms with Crippen molar-refractivity contribution in [1.29, 1.82) is 0 Å². The van der Waals surface area contributed by atoms with E-state index in [4.69, 9.17) is 10.5 Å². The Morgan fingerprint density at radius 2 is 2.20 bits per heavy atom. The van der Waals surface area contributed by atoms with Gasteiger partial charge in [0.05, 0.1) is 13.2 Å². The van der Waals surface area contributed by atoms with Crippen LogP contribution in [-0.2, 0) is 11.3 Å². The number of halogens is 1. The Labute approximate surface area is 87.8 Å². The molecule has 0 aromatic carbocycles. The van der Waals surface area contributed by atoms with Crippen molar-refractivity contribution in [3.63, 3.8) is 0 Å². The van der Waals surface area contributed by atoms with E-state index in [9.17, 15) is 4.39 Å². The molecule has 0 atom stereocenters. The number of anilines is 1. The van der Waals surface area contributed by atoms with Crippen molar-refractivity contribution in [3.8, 4) is 0 Å². The molecule has 5 heteroatoms. The van der Waals surface area contributed by atoms with Gasteiger partial charge in [0, 0.05) is 25.8 Å². The average molecular weight is 211 g/mol. The van der Waals surface area contributed by atoms with E-state index in [1.165, 1.54) is 6.07 Å². The Morgan fingerprint density at radius 1 is 1.47 bits per heavy atom. The van der Waals surface area contributed by atoms with E-state index in [1.54, 1.807) is 6.20 Å². The fourth-order valence-corrected chi connectivity index (χ4v) is 1.59. The summed E-state index contributed by atoms with van der Waals surface area (Å²) in [6.07, 6.45) is 1.62. The second kappa shape index (κ2) is 4.55. The summed E-state index contributed by atoms with van der Waals surface area (Å²) in [4.78, 5) is 5.98. The molecule has 1 aromatic rings. The van der Waals surface area contributed by atoms with Crippen molar-refractivity contribution in [3.05, 3.63) is 23.6 Å². The zero-order valence-electron chi connectivity index (χ0n) is 8.45. The van der Waals surface area contributed by atoms with Crippen LogP contribution in [0.4, 0.5) is 10.2 Å². The number of ether oxygens (including phenoxy) is 1. The lowest BCUT2D eigenvalue weighted by molar-refractivity contribution is 0.122. The minimum Gasteiger partial charge on any atom is -0.378 e. The molecular formula is C10H14FN3O. The Morgan fingerprint density at radius 3 is 2.80 bits per heavy atom. The number of morpholine rings is 1. The van der Waals surface area contributed by atoms with Gasteiger partial charge < -0.3 is 15.4 Å². The maximum absolute atomic E-state index is 13.6. The van der Waals surface area contributed by atoms with E-state index in [1.807, 2.05) is 4.90 Å². The van der Waals surface area contributed by atoms with Crippen LogP contribution in [-0.4, -0.2) is 31.3 Å². The largest absolute Gasteiger partial charge is 0.378 e. The van der Waals surface area contributed by atoms with Gasteiger partial charge in [0.1, 0.15) is 0 Å². The molecule has 2 N–H and O–H groups in total. The van der Waals surface area contributed by atoms with Crippen molar-refractivity contribution in [2.75, 3.05) is 31.2 Å². The van der Waals surface area contributed by atoms with E-state index in [0.29, 0.717) is 44.2 Å². The number of nitrogens with two attached hydrogens (primary N) is 1. The van der Waals surface area contributed by atoms with Gasteiger partial charge in [-0.2, -0.15) is 0 Å². The standard InChI is InChI=1S/C10H14FN3O/c11-9-5-8(6-12)7-13-10(9)14-1-3-15-4-2-14/h5,7H,1-4,6,12H2. The highest BCUT2D eigenvalue weighted by molar-refractivity contribution is 5.41. The molecule has 0 spiro atoms. The SMILES string of the molecule is NCc1cnc(N2CCOCC2)c(F)c1. The summed E-state index contributed by atoms with van der Waals surface area (Å²) in [7, 11) is 0. The molecule has 15 heavy (non-hydrogen) atoms. The highest BCUT2D eigenvalue weighted by atomic mass is 19.1. The zero-order chi connectivity index (χ0) is 10.7. The first-order valence-corrected chi connectivity index (χ1v) is 4.98. The average Bonchev–Trinajstić information content (AvgIpc) is 2.30. The molecule has 2 heterocycles. The molecule has 1 saturated heterocycles. The van der Waals surface area contributed by atoms with E-state index < -0.39 is 0 Å². The van der Waals surface area contributed by atoms with Gasteiger partial charge in [-0.15, -0.1) is 0 Å². The van der Waals surface area contributed by atoms with Crippen LogP contribution in [0.1, 0.15) is 5.56 Å². The summed E-state index contributed by atoms with van der Waals surface area (Å²) < 4.78 is 18.8. The highest BCUT2D eigenvalue weighted by Crippen LogP contribution is 2.17. The number of nitrogens with zero attached hydrogens (tertiary/aromatic N) is 2. The van der Waals surface area contributed by atoms with Crippen LogP contribution < -0.4 is 10.6 Å². The second-order valence-electron chi connectivity index (χ2n) is 3.45. The van der Waals surface area contributed by atoms with Gasteiger partial charge >= 0.3 is 0 Å². The first kappa shape index (κ1) is 10.3. The van der Waals surface area contributed by atoms with Crippen molar-refractivity contribution in [2.24, 2.45) is 5.73 Å². The predicted molar refractivity (Wildman–Crippen MR) is 55.1 cm³/mol. The summed E-state index contributed by atoms with van der Waals surface area (Å²) >= 11 is 0. The minimum absolute atomic E-state index is 0.306. The third-order valence-corrected chi connectivity index (χ3v) is 2.42. The fraction of sp³-hybridized carbons (Fsp3) is 0.500. The lowest BCUT2D eigenvalue weighted by Crippen LogP contribution is -2.37. The van der Waals surface area contributed by atoms with Crippen LogP contribution in [0.25, 0.3) is 0 Å². The van der Waals surface area contributed by atoms with Gasteiger partial charge in [0.2, 0.25) is 0 Å². The molecule has 82 valence electrons. The van der Waals surface area contributed by atoms with Gasteiger partial charge in [-0.25, -0.2) is 9.37 Å². The maximum Gasteiger partial charge on any atom is 0.165 e. The van der Waals surface area contributed by atoms with Crippen LogP contribution in [0.15, 0.2) is 12.3 Å². The first-order chi connectivity index (χ1) is 7.31. The summed E-state index contributed by atoms with van der Waals surface area (Å²) in [5.74, 6) is 0.0929. The number of aromatic nitrogens is 1. The lowest BCUT2D eigenvalue weighted by Gasteiger charge is -2.28. The molecule has 1 aliphatic heterocycles. The Balaban J connectivity index is 2.19. The van der Waals surface area contributed by atoms with Crippen LogP contribution in [0.3, 0.4) is 0 Å². The van der Waals surface area contributed by atoms with Crippen molar-refractivity contribution in [2.45, 2.75) is 6.54 Å².